The number of methoxy groups -OCH3 is 1. The lowest BCUT2D eigenvalue weighted by Gasteiger charge is -2.40. The molecule has 3 amide bonds. The van der Waals surface area contributed by atoms with Gasteiger partial charge in [0.1, 0.15) is 5.75 Å². The molecule has 4 aliphatic rings. The zero-order chi connectivity index (χ0) is 28.7. The molecular weight excluding hydrogens is 520 g/mol. The van der Waals surface area contributed by atoms with E-state index in [0.717, 1.165) is 49.6 Å². The molecular formula is C32H40N4O5. The lowest BCUT2D eigenvalue weighted by atomic mass is 9.93. The topological polar surface area (TPSA) is 82.6 Å². The zero-order valence-corrected chi connectivity index (χ0v) is 24.3. The van der Waals surface area contributed by atoms with Gasteiger partial charge in [0.2, 0.25) is 5.91 Å². The largest absolute Gasteiger partial charge is 0.497 e. The molecule has 218 valence electrons. The highest BCUT2D eigenvalue weighted by Gasteiger charge is 2.45. The van der Waals surface area contributed by atoms with Crippen LogP contribution in [0.4, 0.5) is 11.4 Å². The number of hydrogen-bond donors (Lipinski definition) is 0. The Bertz CT molecular complexity index is 1340. The van der Waals surface area contributed by atoms with Crippen LogP contribution >= 0.6 is 0 Å². The number of rotatable bonds is 5. The minimum absolute atomic E-state index is 0.137. The molecule has 4 aliphatic heterocycles. The van der Waals surface area contributed by atoms with Crippen molar-refractivity contribution >= 4 is 29.1 Å². The third-order valence-corrected chi connectivity index (χ3v) is 9.08. The Labute approximate surface area is 242 Å². The molecule has 6 rings (SSSR count). The lowest BCUT2D eigenvalue weighted by molar-refractivity contribution is -0.136. The van der Waals surface area contributed by atoms with Gasteiger partial charge in [-0.3, -0.25) is 19.3 Å². The molecule has 3 fully saturated rings. The standard InChI is InChI=1S/C32H40N4O5/c1-32(2)20-24(12-18-41-32)36-30(38)26-10-5-11-27(28(26)31(36)39)35-13-6-7-22(21-35)29(37)34-16-14-33(15-17-34)23-8-4-9-25(19-23)40-3/h4-5,8-11,19,22,24H,6-7,12-18,20-21H2,1-3H3/t22-,24-/m0/s1. The number of benzene rings is 2. The maximum absolute atomic E-state index is 13.8. The summed E-state index contributed by atoms with van der Waals surface area (Å²) in [5.74, 6) is 0.442. The summed E-state index contributed by atoms with van der Waals surface area (Å²) in [4.78, 5) is 48.8. The normalized spacial score (nSPS) is 24.5. The molecule has 0 spiro atoms. The number of imide groups is 1. The van der Waals surface area contributed by atoms with Gasteiger partial charge in [-0.2, -0.15) is 0 Å². The van der Waals surface area contributed by atoms with Crippen molar-refractivity contribution in [1.29, 1.82) is 0 Å². The summed E-state index contributed by atoms with van der Waals surface area (Å²) in [6.45, 7) is 8.76. The van der Waals surface area contributed by atoms with Gasteiger partial charge in [0.15, 0.2) is 0 Å². The Kier molecular flexibility index (Phi) is 7.40. The van der Waals surface area contributed by atoms with E-state index in [9.17, 15) is 14.4 Å². The molecule has 0 saturated carbocycles. The monoisotopic (exact) mass is 560 g/mol. The van der Waals surface area contributed by atoms with Gasteiger partial charge in [0.25, 0.3) is 11.8 Å². The van der Waals surface area contributed by atoms with E-state index >= 15 is 0 Å². The van der Waals surface area contributed by atoms with Crippen LogP contribution in [0.5, 0.6) is 5.75 Å². The highest BCUT2D eigenvalue weighted by atomic mass is 16.5. The molecule has 3 saturated heterocycles. The van der Waals surface area contributed by atoms with Crippen molar-refractivity contribution in [2.24, 2.45) is 5.92 Å². The second-order valence-corrected chi connectivity index (χ2v) is 12.2. The summed E-state index contributed by atoms with van der Waals surface area (Å²) < 4.78 is 11.2. The van der Waals surface area contributed by atoms with Crippen molar-refractivity contribution in [1.82, 2.24) is 9.80 Å². The fourth-order valence-corrected chi connectivity index (χ4v) is 6.95. The smallest absolute Gasteiger partial charge is 0.263 e. The number of fused-ring (bicyclic) bond motifs is 1. The number of hydrogen-bond acceptors (Lipinski definition) is 7. The van der Waals surface area contributed by atoms with Crippen LogP contribution in [0.25, 0.3) is 0 Å². The SMILES string of the molecule is COc1cccc(N2CCN(C(=O)[C@H]3CCCN(c4cccc5c4C(=O)N([C@H]4CCOC(C)(C)C4)C5=O)C3)CC2)c1. The third-order valence-electron chi connectivity index (χ3n) is 9.08. The molecule has 41 heavy (non-hydrogen) atoms. The quantitative estimate of drug-likeness (QED) is 0.515. The lowest BCUT2D eigenvalue weighted by Crippen LogP contribution is -2.52. The van der Waals surface area contributed by atoms with E-state index in [4.69, 9.17) is 9.47 Å². The number of carbonyl (C=O) groups is 3. The fourth-order valence-electron chi connectivity index (χ4n) is 6.95. The minimum atomic E-state index is -0.374. The van der Waals surface area contributed by atoms with Crippen molar-refractivity contribution < 1.29 is 23.9 Å². The fraction of sp³-hybridized carbons (Fsp3) is 0.531. The second kappa shape index (κ2) is 11.0. The van der Waals surface area contributed by atoms with Gasteiger partial charge in [-0.05, 0) is 63.8 Å². The maximum atomic E-state index is 13.8. The van der Waals surface area contributed by atoms with E-state index in [1.807, 2.05) is 49.1 Å². The molecule has 4 heterocycles. The van der Waals surface area contributed by atoms with Crippen LogP contribution in [-0.4, -0.2) is 92.1 Å². The van der Waals surface area contributed by atoms with Gasteiger partial charge in [-0.1, -0.05) is 12.1 Å². The molecule has 0 unspecified atom stereocenters. The van der Waals surface area contributed by atoms with Crippen molar-refractivity contribution in [2.75, 3.05) is 62.8 Å². The molecule has 9 nitrogen and oxygen atoms in total. The predicted octanol–water partition coefficient (Wildman–Crippen LogP) is 3.81. The second-order valence-electron chi connectivity index (χ2n) is 12.2. The van der Waals surface area contributed by atoms with Gasteiger partial charge in [0.05, 0.1) is 35.4 Å². The average Bonchev–Trinajstić information content (AvgIpc) is 3.25. The number of piperidine rings is 1. The number of amides is 3. The van der Waals surface area contributed by atoms with Crippen LogP contribution in [-0.2, 0) is 9.53 Å². The predicted molar refractivity (Wildman–Crippen MR) is 157 cm³/mol. The first kappa shape index (κ1) is 27.6. The highest BCUT2D eigenvalue weighted by Crippen LogP contribution is 2.38. The maximum Gasteiger partial charge on any atom is 0.263 e. The molecule has 0 aliphatic carbocycles. The van der Waals surface area contributed by atoms with E-state index in [1.54, 1.807) is 13.2 Å². The first-order valence-corrected chi connectivity index (χ1v) is 14.8. The van der Waals surface area contributed by atoms with Gasteiger partial charge in [0, 0.05) is 63.7 Å². The molecule has 0 aromatic heterocycles. The Balaban J connectivity index is 1.14. The molecule has 2 aromatic carbocycles. The molecule has 2 atom stereocenters. The summed E-state index contributed by atoms with van der Waals surface area (Å²) >= 11 is 0. The molecule has 0 bridgehead atoms. The molecule has 9 heteroatoms. The van der Waals surface area contributed by atoms with Gasteiger partial charge in [-0.15, -0.1) is 0 Å². The van der Waals surface area contributed by atoms with Crippen LogP contribution < -0.4 is 14.5 Å². The van der Waals surface area contributed by atoms with Gasteiger partial charge in [-0.25, -0.2) is 0 Å². The van der Waals surface area contributed by atoms with Crippen LogP contribution in [0.3, 0.4) is 0 Å². The molecule has 2 aromatic rings. The average molecular weight is 561 g/mol. The minimum Gasteiger partial charge on any atom is -0.497 e. The van der Waals surface area contributed by atoms with Crippen molar-refractivity contribution in [3.8, 4) is 5.75 Å². The Morgan fingerprint density at radius 3 is 2.49 bits per heavy atom. The first-order chi connectivity index (χ1) is 19.8. The van der Waals surface area contributed by atoms with E-state index in [0.29, 0.717) is 50.2 Å². The van der Waals surface area contributed by atoms with E-state index in [-0.39, 0.29) is 35.3 Å². The summed E-state index contributed by atoms with van der Waals surface area (Å²) in [6.07, 6.45) is 2.97. The number of nitrogens with zero attached hydrogens (tertiary/aromatic N) is 4. The number of anilines is 2. The van der Waals surface area contributed by atoms with Crippen molar-refractivity contribution in [3.05, 3.63) is 53.6 Å². The third kappa shape index (κ3) is 5.27. The van der Waals surface area contributed by atoms with Crippen LogP contribution in [0.2, 0.25) is 0 Å². The van der Waals surface area contributed by atoms with Gasteiger partial charge >= 0.3 is 0 Å². The highest BCUT2D eigenvalue weighted by molar-refractivity contribution is 6.24. The number of carbonyl (C=O) groups excluding carboxylic acids is 3. The first-order valence-electron chi connectivity index (χ1n) is 14.8. The zero-order valence-electron chi connectivity index (χ0n) is 24.3. The summed E-state index contributed by atoms with van der Waals surface area (Å²) in [5.41, 5.74) is 2.47. The van der Waals surface area contributed by atoms with Crippen LogP contribution in [0.15, 0.2) is 42.5 Å². The number of ether oxygens (including phenoxy) is 2. The van der Waals surface area contributed by atoms with Gasteiger partial charge < -0.3 is 24.2 Å². The van der Waals surface area contributed by atoms with E-state index in [1.165, 1.54) is 4.90 Å². The van der Waals surface area contributed by atoms with E-state index in [2.05, 4.69) is 15.9 Å². The Morgan fingerprint density at radius 1 is 0.951 bits per heavy atom. The Hall–Kier alpha value is -3.59. The summed E-state index contributed by atoms with van der Waals surface area (Å²) in [6, 6.07) is 13.4. The van der Waals surface area contributed by atoms with E-state index < -0.39 is 0 Å². The summed E-state index contributed by atoms with van der Waals surface area (Å²) in [7, 11) is 1.67. The van der Waals surface area contributed by atoms with Crippen LogP contribution in [0.1, 0.15) is 60.2 Å². The van der Waals surface area contributed by atoms with Crippen LogP contribution in [0, 0.1) is 5.92 Å². The number of piperazine rings is 1. The van der Waals surface area contributed by atoms with Crippen molar-refractivity contribution in [3.63, 3.8) is 0 Å². The molecule has 0 N–H and O–H groups in total. The molecule has 0 radical (unpaired) electrons. The van der Waals surface area contributed by atoms with Crippen molar-refractivity contribution in [2.45, 2.75) is 51.2 Å². The Morgan fingerprint density at radius 2 is 1.73 bits per heavy atom. The summed E-state index contributed by atoms with van der Waals surface area (Å²) in [5, 5.41) is 0.